The summed E-state index contributed by atoms with van der Waals surface area (Å²) in [7, 11) is 1.81. The minimum Gasteiger partial charge on any atom is -0.381 e. The van der Waals surface area contributed by atoms with Crippen LogP contribution in [0.5, 0.6) is 0 Å². The molecule has 10 nitrogen and oxygen atoms in total. The maximum absolute atomic E-state index is 11.3. The Morgan fingerprint density at radius 3 is 2.75 bits per heavy atom. The van der Waals surface area contributed by atoms with Crippen molar-refractivity contribution in [3.05, 3.63) is 29.6 Å². The zero-order valence-corrected chi connectivity index (χ0v) is 15.8. The molecular weight excluding hydrogens is 362 g/mol. The summed E-state index contributed by atoms with van der Waals surface area (Å²) >= 11 is 0. The number of aromatic nitrogens is 3. The van der Waals surface area contributed by atoms with Gasteiger partial charge in [0.25, 0.3) is 0 Å². The van der Waals surface area contributed by atoms with E-state index in [0.29, 0.717) is 36.4 Å². The van der Waals surface area contributed by atoms with Crippen LogP contribution >= 0.6 is 0 Å². The monoisotopic (exact) mass is 385 g/mol. The predicted molar refractivity (Wildman–Crippen MR) is 104 cm³/mol. The lowest BCUT2D eigenvalue weighted by molar-refractivity contribution is 0.0701. The molecule has 0 bridgehead atoms. The van der Waals surface area contributed by atoms with E-state index in [-0.39, 0.29) is 6.04 Å². The van der Waals surface area contributed by atoms with E-state index in [2.05, 4.69) is 20.3 Å². The van der Waals surface area contributed by atoms with Gasteiger partial charge in [0, 0.05) is 32.5 Å². The fraction of sp³-hybridized carbons (Fsp3) is 0.444. The first kappa shape index (κ1) is 18.4. The Bertz CT molecular complexity index is 901. The molecule has 1 unspecified atom stereocenters. The Morgan fingerprint density at radius 1 is 1.32 bits per heavy atom. The SMILES string of the molecule is Cc1cc(C(N)=O)cnc1Nc1ncc2c(n1)N(C1CCOCC1)C(O)N2C. The highest BCUT2D eigenvalue weighted by Gasteiger charge is 2.39. The lowest BCUT2D eigenvalue weighted by atomic mass is 10.1. The van der Waals surface area contributed by atoms with Crippen LogP contribution in [0.1, 0.15) is 28.8 Å². The summed E-state index contributed by atoms with van der Waals surface area (Å²) in [4.78, 5) is 28.2. The highest BCUT2D eigenvalue weighted by Crippen LogP contribution is 2.39. The number of aliphatic hydroxyl groups excluding tert-OH is 1. The number of carbonyl (C=O) groups is 1. The van der Waals surface area contributed by atoms with Crippen LogP contribution in [-0.2, 0) is 4.74 Å². The Hall–Kier alpha value is -2.98. The molecular formula is C18H23N7O3. The number of pyridine rings is 1. The number of aliphatic hydroxyl groups is 1. The number of amides is 1. The standard InChI is InChI=1S/C18H23N7O3/c1-10-7-11(14(19)26)8-20-15(10)22-17-21-9-13-16(23-17)25(18(27)24(13)2)12-3-5-28-6-4-12/h7-9,12,18,27H,3-6H2,1-2H3,(H2,19,26)(H,20,21,22,23). The van der Waals surface area contributed by atoms with E-state index in [9.17, 15) is 9.90 Å². The smallest absolute Gasteiger partial charge is 0.250 e. The number of nitrogens with zero attached hydrogens (tertiary/aromatic N) is 5. The molecule has 4 N–H and O–H groups in total. The summed E-state index contributed by atoms with van der Waals surface area (Å²) in [6.07, 6.45) is 3.95. The normalized spacial score (nSPS) is 19.6. The maximum atomic E-state index is 11.3. The highest BCUT2D eigenvalue weighted by molar-refractivity contribution is 5.93. The molecule has 148 valence electrons. The first-order valence-corrected chi connectivity index (χ1v) is 9.13. The molecule has 4 rings (SSSR count). The van der Waals surface area contributed by atoms with E-state index < -0.39 is 12.3 Å². The van der Waals surface area contributed by atoms with Crippen LogP contribution in [0.2, 0.25) is 0 Å². The van der Waals surface area contributed by atoms with Gasteiger partial charge in [-0.1, -0.05) is 0 Å². The maximum Gasteiger partial charge on any atom is 0.250 e. The van der Waals surface area contributed by atoms with Crippen LogP contribution < -0.4 is 20.9 Å². The molecule has 1 saturated heterocycles. The predicted octanol–water partition coefficient (Wildman–Crippen LogP) is 0.734. The van der Waals surface area contributed by atoms with Crippen LogP contribution in [0.4, 0.5) is 23.3 Å². The number of carbonyl (C=O) groups excluding carboxylic acids is 1. The zero-order chi connectivity index (χ0) is 19.8. The van der Waals surface area contributed by atoms with Gasteiger partial charge in [-0.3, -0.25) is 4.79 Å². The molecule has 0 spiro atoms. The molecule has 4 heterocycles. The highest BCUT2D eigenvalue weighted by atomic mass is 16.5. The van der Waals surface area contributed by atoms with Gasteiger partial charge in [0.1, 0.15) is 11.5 Å². The van der Waals surface area contributed by atoms with Crippen molar-refractivity contribution in [2.45, 2.75) is 32.2 Å². The number of ether oxygens (including phenoxy) is 1. The first-order valence-electron chi connectivity index (χ1n) is 9.13. The molecule has 0 radical (unpaired) electrons. The van der Waals surface area contributed by atoms with E-state index in [0.717, 1.165) is 24.1 Å². The molecule has 1 atom stereocenters. The Balaban J connectivity index is 1.63. The second-order valence-corrected chi connectivity index (χ2v) is 6.99. The summed E-state index contributed by atoms with van der Waals surface area (Å²) in [5, 5.41) is 13.8. The van der Waals surface area contributed by atoms with E-state index in [1.54, 1.807) is 17.2 Å². The average Bonchev–Trinajstić information content (AvgIpc) is 2.94. The van der Waals surface area contributed by atoms with Gasteiger partial charge in [0.05, 0.1) is 11.8 Å². The van der Waals surface area contributed by atoms with Crippen molar-refractivity contribution < 1.29 is 14.6 Å². The van der Waals surface area contributed by atoms with Crippen molar-refractivity contribution in [1.29, 1.82) is 0 Å². The third kappa shape index (κ3) is 3.20. The minimum atomic E-state index is -0.794. The summed E-state index contributed by atoms with van der Waals surface area (Å²) < 4.78 is 5.44. The van der Waals surface area contributed by atoms with Crippen molar-refractivity contribution in [3.8, 4) is 0 Å². The van der Waals surface area contributed by atoms with Crippen molar-refractivity contribution in [1.82, 2.24) is 15.0 Å². The number of nitrogens with two attached hydrogens (primary N) is 1. The number of rotatable bonds is 4. The summed E-state index contributed by atoms with van der Waals surface area (Å²) in [6.45, 7) is 3.15. The minimum absolute atomic E-state index is 0.143. The molecule has 1 fully saturated rings. The quantitative estimate of drug-likeness (QED) is 0.697. The van der Waals surface area contributed by atoms with Crippen molar-refractivity contribution >= 4 is 29.2 Å². The number of nitrogens with one attached hydrogen (secondary N) is 1. The molecule has 0 aromatic carbocycles. The fourth-order valence-corrected chi connectivity index (χ4v) is 3.56. The molecule has 2 aromatic rings. The molecule has 0 aliphatic carbocycles. The van der Waals surface area contributed by atoms with E-state index in [1.165, 1.54) is 6.20 Å². The number of fused-ring (bicyclic) bond motifs is 1. The lowest BCUT2D eigenvalue weighted by Gasteiger charge is -2.35. The fourth-order valence-electron chi connectivity index (χ4n) is 3.56. The number of aryl methyl sites for hydroxylation is 1. The number of hydrogen-bond acceptors (Lipinski definition) is 9. The van der Waals surface area contributed by atoms with E-state index in [1.807, 2.05) is 18.9 Å². The van der Waals surface area contributed by atoms with E-state index in [4.69, 9.17) is 10.5 Å². The van der Waals surface area contributed by atoms with Gasteiger partial charge >= 0.3 is 0 Å². The van der Waals surface area contributed by atoms with Crippen LogP contribution in [0.15, 0.2) is 18.5 Å². The number of primary amides is 1. The average molecular weight is 385 g/mol. The third-order valence-corrected chi connectivity index (χ3v) is 5.15. The van der Waals surface area contributed by atoms with Crippen molar-refractivity contribution in [2.24, 2.45) is 5.73 Å². The van der Waals surface area contributed by atoms with Gasteiger partial charge in [-0.05, 0) is 31.4 Å². The molecule has 28 heavy (non-hydrogen) atoms. The molecule has 10 heteroatoms. The Morgan fingerprint density at radius 2 is 2.07 bits per heavy atom. The van der Waals surface area contributed by atoms with Crippen LogP contribution in [0.3, 0.4) is 0 Å². The van der Waals surface area contributed by atoms with Gasteiger partial charge in [-0.25, -0.2) is 9.97 Å². The molecule has 1 amide bonds. The summed E-state index contributed by atoms with van der Waals surface area (Å²) in [6, 6.07) is 1.81. The van der Waals surface area contributed by atoms with Crippen LogP contribution in [0, 0.1) is 6.92 Å². The molecule has 2 aliphatic heterocycles. The number of anilines is 4. The Labute approximate surface area is 162 Å². The molecule has 0 saturated carbocycles. The van der Waals surface area contributed by atoms with Crippen LogP contribution in [0.25, 0.3) is 0 Å². The zero-order valence-electron chi connectivity index (χ0n) is 15.8. The van der Waals surface area contributed by atoms with Gasteiger partial charge < -0.3 is 30.7 Å². The molecule has 2 aliphatic rings. The topological polar surface area (TPSA) is 130 Å². The second-order valence-electron chi connectivity index (χ2n) is 6.99. The lowest BCUT2D eigenvalue weighted by Crippen LogP contribution is -2.49. The first-order chi connectivity index (χ1) is 13.5. The van der Waals surface area contributed by atoms with Gasteiger partial charge in [-0.2, -0.15) is 4.98 Å². The van der Waals surface area contributed by atoms with Gasteiger partial charge in [0.2, 0.25) is 18.2 Å². The van der Waals surface area contributed by atoms with Crippen LogP contribution in [-0.4, -0.2) is 58.6 Å². The van der Waals surface area contributed by atoms with Crippen molar-refractivity contribution in [2.75, 3.05) is 35.4 Å². The molecule has 2 aromatic heterocycles. The summed E-state index contributed by atoms with van der Waals surface area (Å²) in [5.74, 6) is 1.04. The Kier molecular flexibility index (Phi) is 4.73. The van der Waals surface area contributed by atoms with E-state index >= 15 is 0 Å². The largest absolute Gasteiger partial charge is 0.381 e. The second kappa shape index (κ2) is 7.21. The van der Waals surface area contributed by atoms with Gasteiger partial charge in [-0.15, -0.1) is 0 Å². The third-order valence-electron chi connectivity index (χ3n) is 5.15. The number of hydrogen-bond donors (Lipinski definition) is 3. The summed E-state index contributed by atoms with van der Waals surface area (Å²) in [5.41, 5.74) is 7.14. The van der Waals surface area contributed by atoms with Crippen molar-refractivity contribution in [3.63, 3.8) is 0 Å². The van der Waals surface area contributed by atoms with Gasteiger partial charge in [0.15, 0.2) is 5.82 Å².